The van der Waals surface area contributed by atoms with Crippen LogP contribution < -0.4 is 5.32 Å². The van der Waals surface area contributed by atoms with Crippen molar-refractivity contribution in [2.75, 3.05) is 6.54 Å². The zero-order valence-corrected chi connectivity index (χ0v) is 10.5. The van der Waals surface area contributed by atoms with Crippen LogP contribution in [-0.4, -0.2) is 17.6 Å². The van der Waals surface area contributed by atoms with Crippen LogP contribution >= 0.6 is 0 Å². The van der Waals surface area contributed by atoms with Crippen LogP contribution in [0, 0.1) is 13.8 Å². The SMILES string of the molecule is Cc1cc(C)nc(C[C@@H]2CCCCC[NH2+]2)c1. The minimum atomic E-state index is 0.760. The van der Waals surface area contributed by atoms with Crippen molar-refractivity contribution in [1.29, 1.82) is 0 Å². The van der Waals surface area contributed by atoms with Crippen LogP contribution in [0.25, 0.3) is 0 Å². The Morgan fingerprint density at radius 1 is 1.25 bits per heavy atom. The third kappa shape index (κ3) is 3.31. The summed E-state index contributed by atoms with van der Waals surface area (Å²) in [6.45, 7) is 5.55. The van der Waals surface area contributed by atoms with Gasteiger partial charge in [-0.15, -0.1) is 0 Å². The highest BCUT2D eigenvalue weighted by molar-refractivity contribution is 5.19. The highest BCUT2D eigenvalue weighted by atomic mass is 14.9. The number of nitrogens with two attached hydrogens (primary N) is 1. The van der Waals surface area contributed by atoms with Crippen molar-refractivity contribution in [2.24, 2.45) is 0 Å². The summed E-state index contributed by atoms with van der Waals surface area (Å²) in [4.78, 5) is 4.64. The number of quaternary nitrogens is 1. The molecule has 0 amide bonds. The molecule has 1 aliphatic rings. The number of pyridine rings is 1. The van der Waals surface area contributed by atoms with Gasteiger partial charge in [0, 0.05) is 17.8 Å². The number of nitrogens with zero attached hydrogens (tertiary/aromatic N) is 1. The molecule has 2 heterocycles. The van der Waals surface area contributed by atoms with Crippen LogP contribution in [0.4, 0.5) is 0 Å². The van der Waals surface area contributed by atoms with E-state index < -0.39 is 0 Å². The maximum Gasteiger partial charge on any atom is 0.0915 e. The standard InChI is InChI=1S/C14H22N2/c1-11-8-12(2)16-14(9-11)10-13-6-4-3-5-7-15-13/h8-9,13,15H,3-7,10H2,1-2H3/p+1/t13-/m0/s1. The number of hydrogen-bond donors (Lipinski definition) is 1. The third-order valence-electron chi connectivity index (χ3n) is 3.40. The lowest BCUT2D eigenvalue weighted by molar-refractivity contribution is -0.687. The van der Waals surface area contributed by atoms with Gasteiger partial charge in [0.05, 0.1) is 12.6 Å². The van der Waals surface area contributed by atoms with E-state index in [0.717, 1.165) is 18.2 Å². The summed E-state index contributed by atoms with van der Waals surface area (Å²) in [5.74, 6) is 0. The summed E-state index contributed by atoms with van der Waals surface area (Å²) < 4.78 is 0. The predicted molar refractivity (Wildman–Crippen MR) is 66.5 cm³/mol. The van der Waals surface area contributed by atoms with E-state index >= 15 is 0 Å². The highest BCUT2D eigenvalue weighted by Gasteiger charge is 2.16. The molecule has 1 aliphatic heterocycles. The second kappa shape index (κ2) is 5.44. The summed E-state index contributed by atoms with van der Waals surface area (Å²) >= 11 is 0. The fraction of sp³-hybridized carbons (Fsp3) is 0.643. The molecule has 88 valence electrons. The normalized spacial score (nSPS) is 21.8. The Balaban J connectivity index is 2.01. The number of aromatic nitrogens is 1. The van der Waals surface area contributed by atoms with Crippen molar-refractivity contribution in [3.05, 3.63) is 29.1 Å². The summed E-state index contributed by atoms with van der Waals surface area (Å²) in [5, 5.41) is 2.52. The van der Waals surface area contributed by atoms with Gasteiger partial charge in [0.2, 0.25) is 0 Å². The van der Waals surface area contributed by atoms with E-state index in [1.807, 2.05) is 0 Å². The van der Waals surface area contributed by atoms with Crippen LogP contribution in [0.1, 0.15) is 42.6 Å². The van der Waals surface area contributed by atoms with Crippen molar-refractivity contribution in [3.63, 3.8) is 0 Å². The molecule has 1 aromatic heterocycles. The average Bonchev–Trinajstić information content (AvgIpc) is 2.44. The van der Waals surface area contributed by atoms with E-state index in [9.17, 15) is 0 Å². The van der Waals surface area contributed by atoms with Crippen LogP contribution in [0.5, 0.6) is 0 Å². The first-order valence-electron chi connectivity index (χ1n) is 6.51. The average molecular weight is 219 g/mol. The Labute approximate surface area is 98.5 Å². The molecule has 1 fully saturated rings. The topological polar surface area (TPSA) is 29.5 Å². The lowest BCUT2D eigenvalue weighted by Crippen LogP contribution is -2.90. The highest BCUT2D eigenvalue weighted by Crippen LogP contribution is 2.10. The van der Waals surface area contributed by atoms with E-state index in [2.05, 4.69) is 36.3 Å². The van der Waals surface area contributed by atoms with E-state index in [1.54, 1.807) is 0 Å². The molecule has 1 atom stereocenters. The monoisotopic (exact) mass is 219 g/mol. The first kappa shape index (κ1) is 11.6. The Morgan fingerprint density at radius 3 is 2.94 bits per heavy atom. The fourth-order valence-electron chi connectivity index (χ4n) is 2.68. The molecule has 2 N–H and O–H groups in total. The van der Waals surface area contributed by atoms with Crippen molar-refractivity contribution < 1.29 is 5.32 Å². The quantitative estimate of drug-likeness (QED) is 0.807. The molecule has 0 radical (unpaired) electrons. The molecule has 16 heavy (non-hydrogen) atoms. The number of rotatable bonds is 2. The van der Waals surface area contributed by atoms with Crippen LogP contribution in [0.3, 0.4) is 0 Å². The van der Waals surface area contributed by atoms with Crippen molar-refractivity contribution >= 4 is 0 Å². The van der Waals surface area contributed by atoms with Gasteiger partial charge in [-0.05, 0) is 57.2 Å². The Bertz CT molecular complexity index is 318. The summed E-state index contributed by atoms with van der Waals surface area (Å²) in [6.07, 6.45) is 6.69. The molecule has 2 rings (SSSR count). The van der Waals surface area contributed by atoms with Crippen LogP contribution in [-0.2, 0) is 6.42 Å². The van der Waals surface area contributed by atoms with Crippen LogP contribution in [0.2, 0.25) is 0 Å². The number of hydrogen-bond acceptors (Lipinski definition) is 1. The molecule has 0 aliphatic carbocycles. The van der Waals surface area contributed by atoms with Crippen LogP contribution in [0.15, 0.2) is 12.1 Å². The predicted octanol–water partition coefficient (Wildman–Crippen LogP) is 1.75. The molecule has 0 aromatic carbocycles. The number of aryl methyl sites for hydroxylation is 2. The molecule has 1 aromatic rings. The fourth-order valence-corrected chi connectivity index (χ4v) is 2.68. The van der Waals surface area contributed by atoms with Gasteiger partial charge >= 0.3 is 0 Å². The molecular weight excluding hydrogens is 196 g/mol. The van der Waals surface area contributed by atoms with Crippen molar-refractivity contribution in [1.82, 2.24) is 4.98 Å². The van der Waals surface area contributed by atoms with Gasteiger partial charge in [0.25, 0.3) is 0 Å². The first-order chi connectivity index (χ1) is 7.74. The largest absolute Gasteiger partial charge is 0.343 e. The zero-order valence-electron chi connectivity index (χ0n) is 10.5. The molecule has 0 bridgehead atoms. The Morgan fingerprint density at radius 2 is 2.12 bits per heavy atom. The van der Waals surface area contributed by atoms with E-state index in [0.29, 0.717) is 0 Å². The van der Waals surface area contributed by atoms with Gasteiger partial charge in [-0.1, -0.05) is 0 Å². The first-order valence-corrected chi connectivity index (χ1v) is 6.51. The Kier molecular flexibility index (Phi) is 3.94. The molecular formula is C14H23N2+. The smallest absolute Gasteiger partial charge is 0.0915 e. The minimum Gasteiger partial charge on any atom is -0.343 e. The lowest BCUT2D eigenvalue weighted by atomic mass is 10.0. The van der Waals surface area contributed by atoms with Gasteiger partial charge in [0.15, 0.2) is 0 Å². The van der Waals surface area contributed by atoms with Gasteiger partial charge in [-0.2, -0.15) is 0 Å². The maximum absolute atomic E-state index is 4.64. The maximum atomic E-state index is 4.64. The molecule has 2 heteroatoms. The van der Waals surface area contributed by atoms with Gasteiger partial charge in [-0.25, -0.2) is 0 Å². The molecule has 0 spiro atoms. The molecule has 0 saturated carbocycles. The zero-order chi connectivity index (χ0) is 11.4. The minimum absolute atomic E-state index is 0.760. The van der Waals surface area contributed by atoms with E-state index in [4.69, 9.17) is 0 Å². The third-order valence-corrected chi connectivity index (χ3v) is 3.40. The molecule has 1 saturated heterocycles. The van der Waals surface area contributed by atoms with Crippen molar-refractivity contribution in [2.45, 2.75) is 52.0 Å². The van der Waals surface area contributed by atoms with E-state index in [1.165, 1.54) is 43.5 Å². The summed E-state index contributed by atoms with van der Waals surface area (Å²) in [5.41, 5.74) is 3.78. The lowest BCUT2D eigenvalue weighted by Gasteiger charge is -2.12. The molecule has 2 nitrogen and oxygen atoms in total. The van der Waals surface area contributed by atoms with Gasteiger partial charge in [0.1, 0.15) is 0 Å². The van der Waals surface area contributed by atoms with Gasteiger partial charge in [-0.3, -0.25) is 4.98 Å². The molecule has 0 unspecified atom stereocenters. The summed E-state index contributed by atoms with van der Waals surface area (Å²) in [7, 11) is 0. The Hall–Kier alpha value is -0.890. The summed E-state index contributed by atoms with van der Waals surface area (Å²) in [6, 6.07) is 5.16. The van der Waals surface area contributed by atoms with E-state index in [-0.39, 0.29) is 0 Å². The second-order valence-electron chi connectivity index (χ2n) is 5.12. The van der Waals surface area contributed by atoms with Crippen molar-refractivity contribution in [3.8, 4) is 0 Å². The van der Waals surface area contributed by atoms with Gasteiger partial charge < -0.3 is 5.32 Å². The second-order valence-corrected chi connectivity index (χ2v) is 5.12.